The lowest BCUT2D eigenvalue weighted by Crippen LogP contribution is -2.15. The summed E-state index contributed by atoms with van der Waals surface area (Å²) in [6.07, 6.45) is 0.541. The molecule has 3 rings (SSSR count). The van der Waals surface area contributed by atoms with Crippen LogP contribution in [0.5, 0.6) is 0 Å². The second kappa shape index (κ2) is 8.28. The molecule has 2 aromatic carbocycles. The fourth-order valence-corrected chi connectivity index (χ4v) is 3.84. The molecule has 27 heavy (non-hydrogen) atoms. The number of aromatic nitrogens is 1. The van der Waals surface area contributed by atoms with E-state index in [9.17, 15) is 14.9 Å². The maximum absolute atomic E-state index is 12.3. The van der Waals surface area contributed by atoms with Crippen LogP contribution >= 0.6 is 22.9 Å². The second-order valence-corrected chi connectivity index (χ2v) is 7.40. The van der Waals surface area contributed by atoms with Crippen molar-refractivity contribution in [3.8, 4) is 0 Å². The lowest BCUT2D eigenvalue weighted by atomic mass is 10.1. The Morgan fingerprint density at radius 2 is 1.85 bits per heavy atom. The van der Waals surface area contributed by atoms with Crippen LogP contribution in [0.15, 0.2) is 48.5 Å². The molecule has 0 spiro atoms. The maximum Gasteiger partial charge on any atom is 0.273 e. The highest BCUT2D eigenvalue weighted by atomic mass is 35.5. The molecule has 0 unspecified atom stereocenters. The number of aryl methyl sites for hydroxylation is 1. The predicted molar refractivity (Wildman–Crippen MR) is 107 cm³/mol. The molecule has 0 fully saturated rings. The third-order valence-electron chi connectivity index (χ3n) is 3.99. The number of benzene rings is 2. The van der Waals surface area contributed by atoms with E-state index >= 15 is 0 Å². The van der Waals surface area contributed by atoms with E-state index in [2.05, 4.69) is 10.3 Å². The van der Waals surface area contributed by atoms with Crippen molar-refractivity contribution in [2.24, 2.45) is 0 Å². The largest absolute Gasteiger partial charge is 0.302 e. The third-order valence-corrected chi connectivity index (χ3v) is 5.43. The van der Waals surface area contributed by atoms with Crippen LogP contribution in [0.4, 0.5) is 10.8 Å². The summed E-state index contributed by atoms with van der Waals surface area (Å²) >= 11 is 7.58. The Morgan fingerprint density at radius 3 is 2.56 bits per heavy atom. The molecule has 0 saturated heterocycles. The Morgan fingerprint density at radius 1 is 1.19 bits per heavy atom. The van der Waals surface area contributed by atoms with Gasteiger partial charge in [-0.1, -0.05) is 48.0 Å². The number of anilines is 1. The molecule has 1 N–H and O–H groups in total. The first-order valence-electron chi connectivity index (χ1n) is 8.16. The molecule has 0 atom stereocenters. The molecule has 0 aliphatic heterocycles. The molecule has 0 radical (unpaired) electrons. The average molecular weight is 402 g/mol. The van der Waals surface area contributed by atoms with Crippen LogP contribution in [0.2, 0.25) is 5.02 Å². The van der Waals surface area contributed by atoms with E-state index in [4.69, 9.17) is 11.6 Å². The number of halogens is 1. The number of nitrogens with zero attached hydrogens (tertiary/aromatic N) is 2. The van der Waals surface area contributed by atoms with Gasteiger partial charge in [0.15, 0.2) is 5.13 Å². The molecule has 6 nitrogen and oxygen atoms in total. The highest BCUT2D eigenvalue weighted by molar-refractivity contribution is 7.15. The summed E-state index contributed by atoms with van der Waals surface area (Å²) in [7, 11) is 0. The quantitative estimate of drug-likeness (QED) is 0.475. The zero-order chi connectivity index (χ0) is 19.4. The molecule has 0 aliphatic rings. The van der Waals surface area contributed by atoms with E-state index in [1.165, 1.54) is 17.4 Å². The SMILES string of the molecule is Cc1nc(NC(=O)Cc2ccccc2[N+](=O)[O-])sc1Cc1ccccc1Cl. The number of rotatable bonds is 6. The number of carbonyl (C=O) groups is 1. The van der Waals surface area contributed by atoms with Gasteiger partial charge in [0.2, 0.25) is 5.91 Å². The maximum atomic E-state index is 12.3. The van der Waals surface area contributed by atoms with Gasteiger partial charge >= 0.3 is 0 Å². The van der Waals surface area contributed by atoms with Crippen molar-refractivity contribution in [1.29, 1.82) is 0 Å². The van der Waals surface area contributed by atoms with Crippen molar-refractivity contribution in [2.45, 2.75) is 19.8 Å². The Labute approximate surface area is 165 Å². The van der Waals surface area contributed by atoms with E-state index in [1.807, 2.05) is 31.2 Å². The molecule has 1 aromatic heterocycles. The molecule has 3 aromatic rings. The van der Waals surface area contributed by atoms with Gasteiger partial charge in [-0.2, -0.15) is 0 Å². The van der Waals surface area contributed by atoms with E-state index in [0.29, 0.717) is 22.1 Å². The summed E-state index contributed by atoms with van der Waals surface area (Å²) < 4.78 is 0. The van der Waals surface area contributed by atoms with Crippen molar-refractivity contribution < 1.29 is 9.72 Å². The number of thiazole rings is 1. The van der Waals surface area contributed by atoms with Crippen LogP contribution < -0.4 is 5.32 Å². The van der Waals surface area contributed by atoms with Gasteiger partial charge in [0.25, 0.3) is 5.69 Å². The van der Waals surface area contributed by atoms with Crippen LogP contribution in [0, 0.1) is 17.0 Å². The van der Waals surface area contributed by atoms with Crippen LogP contribution in [0.1, 0.15) is 21.7 Å². The minimum Gasteiger partial charge on any atom is -0.302 e. The molecule has 0 aliphatic carbocycles. The van der Waals surface area contributed by atoms with Crippen molar-refractivity contribution in [1.82, 2.24) is 4.98 Å². The normalized spacial score (nSPS) is 10.6. The monoisotopic (exact) mass is 401 g/mol. The van der Waals surface area contributed by atoms with Crippen molar-refractivity contribution in [3.63, 3.8) is 0 Å². The number of nitro groups is 1. The van der Waals surface area contributed by atoms with E-state index in [1.54, 1.807) is 18.2 Å². The first-order valence-corrected chi connectivity index (χ1v) is 9.35. The first-order chi connectivity index (χ1) is 12.9. The van der Waals surface area contributed by atoms with Crippen molar-refractivity contribution >= 4 is 39.7 Å². The van der Waals surface area contributed by atoms with Gasteiger partial charge in [0.1, 0.15) is 0 Å². The summed E-state index contributed by atoms with van der Waals surface area (Å²) in [5, 5.41) is 15.0. The Hall–Kier alpha value is -2.77. The number of amides is 1. The van der Waals surface area contributed by atoms with Crippen LogP contribution in [0.3, 0.4) is 0 Å². The van der Waals surface area contributed by atoms with Gasteiger partial charge in [0, 0.05) is 28.0 Å². The van der Waals surface area contributed by atoms with Gasteiger partial charge in [-0.3, -0.25) is 14.9 Å². The number of hydrogen-bond donors (Lipinski definition) is 1. The summed E-state index contributed by atoms with van der Waals surface area (Å²) in [5.74, 6) is -0.345. The standard InChI is InChI=1S/C19H16ClN3O3S/c1-12-17(10-13-6-2-4-8-15(13)20)27-19(21-12)22-18(24)11-14-7-3-5-9-16(14)23(25)26/h2-9H,10-11H2,1H3,(H,21,22,24). The Bertz CT molecular complexity index is 1000. The minimum absolute atomic E-state index is 0.0672. The summed E-state index contributed by atoms with van der Waals surface area (Å²) in [6.45, 7) is 1.88. The Kier molecular flexibility index (Phi) is 5.83. The second-order valence-electron chi connectivity index (χ2n) is 5.91. The van der Waals surface area contributed by atoms with Gasteiger partial charge < -0.3 is 5.32 Å². The summed E-state index contributed by atoms with van der Waals surface area (Å²) in [4.78, 5) is 28.3. The van der Waals surface area contributed by atoms with Gasteiger partial charge in [0.05, 0.1) is 17.0 Å². The summed E-state index contributed by atoms with van der Waals surface area (Å²) in [6, 6.07) is 13.8. The van der Waals surface area contributed by atoms with Crippen molar-refractivity contribution in [2.75, 3.05) is 5.32 Å². The van der Waals surface area contributed by atoms with Gasteiger partial charge in [-0.25, -0.2) is 4.98 Å². The van der Waals surface area contributed by atoms with E-state index in [-0.39, 0.29) is 18.0 Å². The number of nitro benzene ring substituents is 1. The number of nitrogens with one attached hydrogen (secondary N) is 1. The van der Waals surface area contributed by atoms with E-state index < -0.39 is 4.92 Å². The Balaban J connectivity index is 1.71. The minimum atomic E-state index is -0.488. The van der Waals surface area contributed by atoms with Crippen LogP contribution in [-0.4, -0.2) is 15.8 Å². The fourth-order valence-electron chi connectivity index (χ4n) is 2.64. The topological polar surface area (TPSA) is 85.1 Å². The molecule has 1 heterocycles. The molecular formula is C19H16ClN3O3S. The molecular weight excluding hydrogens is 386 g/mol. The number of hydrogen-bond acceptors (Lipinski definition) is 5. The summed E-state index contributed by atoms with van der Waals surface area (Å²) in [5.41, 5.74) is 2.11. The lowest BCUT2D eigenvalue weighted by molar-refractivity contribution is -0.385. The zero-order valence-corrected chi connectivity index (χ0v) is 16.0. The molecule has 0 saturated carbocycles. The van der Waals surface area contributed by atoms with Crippen LogP contribution in [-0.2, 0) is 17.6 Å². The smallest absolute Gasteiger partial charge is 0.273 e. The molecule has 1 amide bonds. The zero-order valence-electron chi connectivity index (χ0n) is 14.4. The molecule has 8 heteroatoms. The lowest BCUT2D eigenvalue weighted by Gasteiger charge is -2.03. The number of carbonyl (C=O) groups excluding carboxylic acids is 1. The predicted octanol–water partition coefficient (Wildman–Crippen LogP) is 4.79. The van der Waals surface area contributed by atoms with E-state index in [0.717, 1.165) is 16.1 Å². The molecule has 0 bridgehead atoms. The number of para-hydroxylation sites is 1. The van der Waals surface area contributed by atoms with Gasteiger partial charge in [-0.15, -0.1) is 11.3 Å². The average Bonchev–Trinajstić information content (AvgIpc) is 2.96. The van der Waals surface area contributed by atoms with Crippen LogP contribution in [0.25, 0.3) is 0 Å². The third kappa shape index (κ3) is 4.69. The fraction of sp³-hybridized carbons (Fsp3) is 0.158. The first kappa shape index (κ1) is 19.0. The van der Waals surface area contributed by atoms with Crippen molar-refractivity contribution in [3.05, 3.63) is 85.4 Å². The molecule has 138 valence electrons. The highest BCUT2D eigenvalue weighted by Gasteiger charge is 2.17. The highest BCUT2D eigenvalue weighted by Crippen LogP contribution is 2.28. The van der Waals surface area contributed by atoms with Gasteiger partial charge in [-0.05, 0) is 18.6 Å².